The quantitative estimate of drug-likeness (QED) is 0.691. The third kappa shape index (κ3) is 2.96. The molecule has 0 spiro atoms. The van der Waals surface area contributed by atoms with Crippen LogP contribution in [0, 0.1) is 5.82 Å². The molecule has 0 unspecified atom stereocenters. The van der Waals surface area contributed by atoms with Crippen molar-refractivity contribution in [3.05, 3.63) is 76.8 Å². The summed E-state index contributed by atoms with van der Waals surface area (Å²) in [6.07, 6.45) is 3.83. The number of nitrogens with zero attached hydrogens (tertiary/aromatic N) is 2. The van der Waals surface area contributed by atoms with Gasteiger partial charge >= 0.3 is 0 Å². The molecule has 0 aliphatic heterocycles. The molecule has 1 aromatic heterocycles. The fourth-order valence-electron chi connectivity index (χ4n) is 2.04. The molecule has 3 rings (SSSR count). The van der Waals surface area contributed by atoms with E-state index in [1.165, 1.54) is 12.1 Å². The molecule has 0 aliphatic rings. The summed E-state index contributed by atoms with van der Waals surface area (Å²) in [6, 6.07) is 14.6. The second-order valence-corrected chi connectivity index (χ2v) is 5.48. The fourth-order valence-corrected chi connectivity index (χ4v) is 2.44. The van der Waals surface area contributed by atoms with Gasteiger partial charge in [0.05, 0.1) is 12.7 Å². The van der Waals surface area contributed by atoms with Crippen LogP contribution in [0.4, 0.5) is 4.39 Å². The first-order chi connectivity index (χ1) is 9.70. The highest BCUT2D eigenvalue weighted by Gasteiger charge is 2.03. The van der Waals surface area contributed by atoms with Crippen LogP contribution in [0.1, 0.15) is 5.56 Å². The van der Waals surface area contributed by atoms with Crippen molar-refractivity contribution < 1.29 is 4.39 Å². The van der Waals surface area contributed by atoms with Crippen molar-refractivity contribution in [2.75, 3.05) is 0 Å². The molecule has 20 heavy (non-hydrogen) atoms. The van der Waals surface area contributed by atoms with Gasteiger partial charge in [-0.2, -0.15) is 5.10 Å². The van der Waals surface area contributed by atoms with Crippen LogP contribution in [-0.4, -0.2) is 9.78 Å². The standard InChI is InChI=1S/C16H12BrFN2/c17-15-3-1-2-13(8-15)14-9-19-20(11-14)10-12-4-6-16(18)7-5-12/h1-9,11H,10H2. The van der Waals surface area contributed by atoms with E-state index in [1.807, 2.05) is 35.3 Å². The van der Waals surface area contributed by atoms with Gasteiger partial charge in [0.1, 0.15) is 5.82 Å². The van der Waals surface area contributed by atoms with E-state index < -0.39 is 0 Å². The largest absolute Gasteiger partial charge is 0.268 e. The maximum Gasteiger partial charge on any atom is 0.123 e. The Labute approximate surface area is 125 Å². The molecule has 2 nitrogen and oxygen atoms in total. The van der Waals surface area contributed by atoms with Crippen LogP contribution in [-0.2, 0) is 6.54 Å². The summed E-state index contributed by atoms with van der Waals surface area (Å²) in [7, 11) is 0. The van der Waals surface area contributed by atoms with Crippen molar-refractivity contribution in [2.45, 2.75) is 6.54 Å². The number of benzene rings is 2. The van der Waals surface area contributed by atoms with Gasteiger partial charge < -0.3 is 0 Å². The smallest absolute Gasteiger partial charge is 0.123 e. The zero-order chi connectivity index (χ0) is 13.9. The Hall–Kier alpha value is -1.94. The second kappa shape index (κ2) is 5.59. The van der Waals surface area contributed by atoms with E-state index in [0.29, 0.717) is 6.54 Å². The number of rotatable bonds is 3. The lowest BCUT2D eigenvalue weighted by Gasteiger charge is -2.01. The maximum absolute atomic E-state index is 12.9. The van der Waals surface area contributed by atoms with Crippen LogP contribution in [0.3, 0.4) is 0 Å². The molecular weight excluding hydrogens is 319 g/mol. The number of aromatic nitrogens is 2. The minimum Gasteiger partial charge on any atom is -0.268 e. The molecule has 0 fully saturated rings. The summed E-state index contributed by atoms with van der Waals surface area (Å²) in [4.78, 5) is 0. The number of halogens is 2. The van der Waals surface area contributed by atoms with Gasteiger partial charge in [0.2, 0.25) is 0 Å². The molecule has 0 saturated heterocycles. The average molecular weight is 331 g/mol. The van der Waals surface area contributed by atoms with Gasteiger partial charge in [-0.05, 0) is 35.4 Å². The van der Waals surface area contributed by atoms with Crippen LogP contribution >= 0.6 is 15.9 Å². The summed E-state index contributed by atoms with van der Waals surface area (Å²) < 4.78 is 15.8. The van der Waals surface area contributed by atoms with E-state index in [-0.39, 0.29) is 5.82 Å². The molecule has 2 aromatic carbocycles. The first-order valence-electron chi connectivity index (χ1n) is 6.23. The van der Waals surface area contributed by atoms with Crippen molar-refractivity contribution in [1.82, 2.24) is 9.78 Å². The van der Waals surface area contributed by atoms with Gasteiger partial charge in [-0.1, -0.05) is 40.2 Å². The van der Waals surface area contributed by atoms with Crippen molar-refractivity contribution in [1.29, 1.82) is 0 Å². The van der Waals surface area contributed by atoms with Crippen LogP contribution in [0.5, 0.6) is 0 Å². The van der Waals surface area contributed by atoms with Gasteiger partial charge in [-0.25, -0.2) is 4.39 Å². The lowest BCUT2D eigenvalue weighted by molar-refractivity contribution is 0.624. The number of hydrogen-bond acceptors (Lipinski definition) is 1. The van der Waals surface area contributed by atoms with E-state index in [1.54, 1.807) is 12.1 Å². The monoisotopic (exact) mass is 330 g/mol. The van der Waals surface area contributed by atoms with Crippen molar-refractivity contribution >= 4 is 15.9 Å². The third-order valence-corrected chi connectivity index (χ3v) is 3.54. The zero-order valence-corrected chi connectivity index (χ0v) is 12.2. The van der Waals surface area contributed by atoms with Gasteiger partial charge in [0.15, 0.2) is 0 Å². The molecule has 1 heterocycles. The van der Waals surface area contributed by atoms with Crippen molar-refractivity contribution in [2.24, 2.45) is 0 Å². The minimum atomic E-state index is -0.218. The molecule has 0 atom stereocenters. The van der Waals surface area contributed by atoms with Crippen LogP contribution in [0.15, 0.2) is 65.4 Å². The third-order valence-electron chi connectivity index (χ3n) is 3.05. The molecule has 0 radical (unpaired) electrons. The van der Waals surface area contributed by atoms with Crippen LogP contribution in [0.2, 0.25) is 0 Å². The molecule has 4 heteroatoms. The predicted octanol–water partition coefficient (Wildman–Crippen LogP) is 4.50. The van der Waals surface area contributed by atoms with Crippen LogP contribution in [0.25, 0.3) is 11.1 Å². The molecule has 0 amide bonds. The summed E-state index contributed by atoms with van der Waals surface area (Å²) in [5.41, 5.74) is 3.20. The Balaban J connectivity index is 1.82. The Morgan fingerprint density at radius 3 is 2.60 bits per heavy atom. The fraction of sp³-hybridized carbons (Fsp3) is 0.0625. The normalized spacial score (nSPS) is 10.7. The summed E-state index contributed by atoms with van der Waals surface area (Å²) in [6.45, 7) is 0.633. The van der Waals surface area contributed by atoms with Gasteiger partial charge in [-0.15, -0.1) is 0 Å². The Bertz CT molecular complexity index is 719. The highest BCUT2D eigenvalue weighted by Crippen LogP contribution is 2.22. The lowest BCUT2D eigenvalue weighted by atomic mass is 10.1. The molecule has 0 bridgehead atoms. The molecule has 0 aliphatic carbocycles. The summed E-state index contributed by atoms with van der Waals surface area (Å²) in [5.74, 6) is -0.218. The van der Waals surface area contributed by atoms with Gasteiger partial charge in [0, 0.05) is 16.2 Å². The van der Waals surface area contributed by atoms with Gasteiger partial charge in [-0.3, -0.25) is 4.68 Å². The average Bonchev–Trinajstić information content (AvgIpc) is 2.90. The van der Waals surface area contributed by atoms with E-state index in [4.69, 9.17) is 0 Å². The highest BCUT2D eigenvalue weighted by molar-refractivity contribution is 9.10. The second-order valence-electron chi connectivity index (χ2n) is 4.56. The summed E-state index contributed by atoms with van der Waals surface area (Å²) in [5, 5.41) is 4.35. The molecule has 3 aromatic rings. The highest BCUT2D eigenvalue weighted by atomic mass is 79.9. The molecule has 100 valence electrons. The Morgan fingerprint density at radius 1 is 1.05 bits per heavy atom. The predicted molar refractivity (Wildman–Crippen MR) is 80.9 cm³/mol. The first kappa shape index (κ1) is 13.1. The first-order valence-corrected chi connectivity index (χ1v) is 7.03. The Kier molecular flexibility index (Phi) is 3.65. The van der Waals surface area contributed by atoms with E-state index in [9.17, 15) is 4.39 Å². The van der Waals surface area contributed by atoms with E-state index >= 15 is 0 Å². The topological polar surface area (TPSA) is 17.8 Å². The van der Waals surface area contributed by atoms with E-state index in [2.05, 4.69) is 27.1 Å². The van der Waals surface area contributed by atoms with Crippen molar-refractivity contribution in [3.63, 3.8) is 0 Å². The molecule has 0 N–H and O–H groups in total. The van der Waals surface area contributed by atoms with Crippen LogP contribution < -0.4 is 0 Å². The Morgan fingerprint density at radius 2 is 1.85 bits per heavy atom. The molecule has 0 saturated carbocycles. The maximum atomic E-state index is 12.9. The number of hydrogen-bond donors (Lipinski definition) is 0. The lowest BCUT2D eigenvalue weighted by Crippen LogP contribution is -1.99. The molecular formula is C16H12BrFN2. The summed E-state index contributed by atoms with van der Waals surface area (Å²) >= 11 is 3.46. The zero-order valence-electron chi connectivity index (χ0n) is 10.6. The van der Waals surface area contributed by atoms with Gasteiger partial charge in [0.25, 0.3) is 0 Å². The van der Waals surface area contributed by atoms with Crippen molar-refractivity contribution in [3.8, 4) is 11.1 Å². The SMILES string of the molecule is Fc1ccc(Cn2cc(-c3cccc(Br)c3)cn2)cc1. The van der Waals surface area contributed by atoms with E-state index in [0.717, 1.165) is 21.2 Å². The minimum absolute atomic E-state index is 0.218.